The standard InChI is InChI=1S/C14H29N3O3S/c1-5-6-7-16-8-9-17(10-12(2)3)13(11-16)14(18)15-21(4,19)20/h12-13H,5-11H2,1-4H3,(H,15,18)/t13-/m0/s1. The molecule has 0 aliphatic carbocycles. The van der Waals surface area contributed by atoms with Crippen molar-refractivity contribution in [2.45, 2.75) is 39.7 Å². The van der Waals surface area contributed by atoms with Gasteiger partial charge in [-0.3, -0.25) is 19.3 Å². The van der Waals surface area contributed by atoms with Crippen molar-refractivity contribution in [1.29, 1.82) is 0 Å². The normalized spacial score (nSPS) is 21.7. The Bertz CT molecular complexity index is 437. The number of piperazine rings is 1. The van der Waals surface area contributed by atoms with Gasteiger partial charge in [0.1, 0.15) is 6.04 Å². The van der Waals surface area contributed by atoms with E-state index in [1.54, 1.807) is 0 Å². The fourth-order valence-electron chi connectivity index (χ4n) is 2.65. The Morgan fingerprint density at radius 3 is 2.52 bits per heavy atom. The average molecular weight is 319 g/mol. The van der Waals surface area contributed by atoms with Gasteiger partial charge in [0, 0.05) is 26.2 Å². The van der Waals surface area contributed by atoms with Crippen LogP contribution in [0.3, 0.4) is 0 Å². The van der Waals surface area contributed by atoms with Crippen LogP contribution in [0.4, 0.5) is 0 Å². The van der Waals surface area contributed by atoms with Crippen LogP contribution in [0.1, 0.15) is 33.6 Å². The summed E-state index contributed by atoms with van der Waals surface area (Å²) >= 11 is 0. The van der Waals surface area contributed by atoms with E-state index in [9.17, 15) is 13.2 Å². The minimum Gasteiger partial charge on any atom is -0.300 e. The number of nitrogens with zero attached hydrogens (tertiary/aromatic N) is 2. The molecule has 1 atom stereocenters. The minimum atomic E-state index is -3.50. The quantitative estimate of drug-likeness (QED) is 0.740. The van der Waals surface area contributed by atoms with E-state index in [-0.39, 0.29) is 6.04 Å². The molecule has 1 saturated heterocycles. The number of carbonyl (C=O) groups excluding carboxylic acids is 1. The molecule has 0 aromatic rings. The Morgan fingerprint density at radius 1 is 1.33 bits per heavy atom. The monoisotopic (exact) mass is 319 g/mol. The van der Waals surface area contributed by atoms with Crippen molar-refractivity contribution >= 4 is 15.9 Å². The molecule has 21 heavy (non-hydrogen) atoms. The average Bonchev–Trinajstić information content (AvgIpc) is 2.34. The van der Waals surface area contributed by atoms with E-state index in [2.05, 4.69) is 35.3 Å². The van der Waals surface area contributed by atoms with Crippen LogP contribution in [-0.2, 0) is 14.8 Å². The summed E-state index contributed by atoms with van der Waals surface area (Å²) in [6.07, 6.45) is 3.24. The summed E-state index contributed by atoms with van der Waals surface area (Å²) in [6.45, 7) is 10.5. The van der Waals surface area contributed by atoms with Gasteiger partial charge in [-0.05, 0) is 18.9 Å². The van der Waals surface area contributed by atoms with Gasteiger partial charge >= 0.3 is 0 Å². The molecule has 1 fully saturated rings. The van der Waals surface area contributed by atoms with Crippen molar-refractivity contribution in [2.75, 3.05) is 39.0 Å². The van der Waals surface area contributed by atoms with Gasteiger partial charge in [0.25, 0.3) is 5.91 Å². The lowest BCUT2D eigenvalue weighted by atomic mass is 10.1. The molecule has 0 saturated carbocycles. The van der Waals surface area contributed by atoms with Crippen LogP contribution in [0.5, 0.6) is 0 Å². The van der Waals surface area contributed by atoms with Crippen molar-refractivity contribution in [1.82, 2.24) is 14.5 Å². The number of nitrogens with one attached hydrogen (secondary N) is 1. The van der Waals surface area contributed by atoms with Gasteiger partial charge < -0.3 is 0 Å². The highest BCUT2D eigenvalue weighted by Gasteiger charge is 2.33. The fourth-order valence-corrected chi connectivity index (χ4v) is 3.15. The highest BCUT2D eigenvalue weighted by Crippen LogP contribution is 2.13. The van der Waals surface area contributed by atoms with Crippen LogP contribution in [0.2, 0.25) is 0 Å². The summed E-state index contributed by atoms with van der Waals surface area (Å²) in [5, 5.41) is 0. The third-order valence-electron chi connectivity index (χ3n) is 3.59. The zero-order valence-electron chi connectivity index (χ0n) is 13.6. The maximum atomic E-state index is 12.3. The zero-order chi connectivity index (χ0) is 16.0. The van der Waals surface area contributed by atoms with Crippen molar-refractivity contribution in [3.63, 3.8) is 0 Å². The number of rotatable bonds is 7. The zero-order valence-corrected chi connectivity index (χ0v) is 14.4. The summed E-state index contributed by atoms with van der Waals surface area (Å²) in [7, 11) is -3.50. The summed E-state index contributed by atoms with van der Waals surface area (Å²) in [4.78, 5) is 16.6. The lowest BCUT2D eigenvalue weighted by Gasteiger charge is -2.41. The van der Waals surface area contributed by atoms with Crippen molar-refractivity contribution in [3.8, 4) is 0 Å². The second kappa shape index (κ2) is 8.10. The van der Waals surface area contributed by atoms with E-state index in [1.807, 2.05) is 0 Å². The number of sulfonamides is 1. The SMILES string of the molecule is CCCCN1CCN(CC(C)C)[C@H](C(=O)NS(C)(=O)=O)C1. The molecule has 7 heteroatoms. The van der Waals surface area contributed by atoms with Gasteiger partial charge in [-0.25, -0.2) is 8.42 Å². The molecule has 1 aliphatic rings. The molecule has 1 rings (SSSR count). The minimum absolute atomic E-state index is 0.382. The van der Waals surface area contributed by atoms with Crippen molar-refractivity contribution in [2.24, 2.45) is 5.92 Å². The van der Waals surface area contributed by atoms with E-state index in [0.717, 1.165) is 45.3 Å². The Labute approximate surface area is 128 Å². The number of amides is 1. The highest BCUT2D eigenvalue weighted by molar-refractivity contribution is 7.89. The maximum absolute atomic E-state index is 12.3. The first-order valence-corrected chi connectivity index (χ1v) is 9.60. The van der Waals surface area contributed by atoms with Gasteiger partial charge in [0.2, 0.25) is 10.0 Å². The first-order valence-electron chi connectivity index (χ1n) is 7.71. The van der Waals surface area contributed by atoms with Crippen LogP contribution in [0, 0.1) is 5.92 Å². The highest BCUT2D eigenvalue weighted by atomic mass is 32.2. The topological polar surface area (TPSA) is 69.7 Å². The van der Waals surface area contributed by atoms with Gasteiger partial charge in [-0.15, -0.1) is 0 Å². The van der Waals surface area contributed by atoms with Crippen LogP contribution in [-0.4, -0.2) is 69.1 Å². The van der Waals surface area contributed by atoms with Gasteiger partial charge in [0.15, 0.2) is 0 Å². The van der Waals surface area contributed by atoms with Gasteiger partial charge in [0.05, 0.1) is 6.26 Å². The maximum Gasteiger partial charge on any atom is 0.252 e. The van der Waals surface area contributed by atoms with Crippen LogP contribution in [0.15, 0.2) is 0 Å². The summed E-state index contributed by atoms with van der Waals surface area (Å²) in [6, 6.07) is -0.382. The largest absolute Gasteiger partial charge is 0.300 e. The summed E-state index contributed by atoms with van der Waals surface area (Å²) < 4.78 is 24.7. The molecule has 1 N–H and O–H groups in total. The first-order chi connectivity index (χ1) is 9.73. The van der Waals surface area contributed by atoms with Gasteiger partial charge in [-0.1, -0.05) is 27.2 Å². The molecule has 0 unspecified atom stereocenters. The molecule has 1 heterocycles. The molecule has 0 bridgehead atoms. The predicted octanol–water partition coefficient (Wildman–Crippen LogP) is 0.505. The van der Waals surface area contributed by atoms with E-state index in [4.69, 9.17) is 0 Å². The van der Waals surface area contributed by atoms with Gasteiger partial charge in [-0.2, -0.15) is 0 Å². The molecule has 6 nitrogen and oxygen atoms in total. The predicted molar refractivity (Wildman–Crippen MR) is 84.5 cm³/mol. The Hall–Kier alpha value is -0.660. The summed E-state index contributed by atoms with van der Waals surface area (Å²) in [5.41, 5.74) is 0. The lowest BCUT2D eigenvalue weighted by molar-refractivity contribution is -0.127. The van der Waals surface area contributed by atoms with E-state index in [0.29, 0.717) is 12.5 Å². The third-order valence-corrected chi connectivity index (χ3v) is 4.16. The molecule has 0 aromatic carbocycles. The van der Waals surface area contributed by atoms with Crippen LogP contribution >= 0.6 is 0 Å². The number of hydrogen-bond donors (Lipinski definition) is 1. The smallest absolute Gasteiger partial charge is 0.252 e. The Balaban J connectivity index is 2.74. The van der Waals surface area contributed by atoms with Crippen molar-refractivity contribution in [3.05, 3.63) is 0 Å². The fraction of sp³-hybridized carbons (Fsp3) is 0.929. The molecule has 1 amide bonds. The molecular weight excluding hydrogens is 290 g/mol. The number of hydrogen-bond acceptors (Lipinski definition) is 5. The lowest BCUT2D eigenvalue weighted by Crippen LogP contribution is -2.60. The molecule has 0 radical (unpaired) electrons. The first kappa shape index (κ1) is 18.4. The second-order valence-corrected chi connectivity index (χ2v) is 8.05. The summed E-state index contributed by atoms with van der Waals surface area (Å²) in [5.74, 6) is 0.0417. The number of unbranched alkanes of at least 4 members (excludes halogenated alkanes) is 1. The number of carbonyl (C=O) groups is 1. The Morgan fingerprint density at radius 2 is 2.00 bits per heavy atom. The Kier molecular flexibility index (Phi) is 7.09. The molecule has 0 aromatic heterocycles. The third kappa shape index (κ3) is 6.76. The van der Waals surface area contributed by atoms with Crippen LogP contribution in [0.25, 0.3) is 0 Å². The molecule has 1 aliphatic heterocycles. The van der Waals surface area contributed by atoms with E-state index in [1.165, 1.54) is 0 Å². The van der Waals surface area contributed by atoms with E-state index < -0.39 is 15.9 Å². The molecule has 124 valence electrons. The van der Waals surface area contributed by atoms with E-state index >= 15 is 0 Å². The van der Waals surface area contributed by atoms with Crippen LogP contribution < -0.4 is 4.72 Å². The molecule has 0 spiro atoms. The second-order valence-electron chi connectivity index (χ2n) is 6.30. The van der Waals surface area contributed by atoms with Crippen molar-refractivity contribution < 1.29 is 13.2 Å². The molecular formula is C14H29N3O3S.